The van der Waals surface area contributed by atoms with Crippen LogP contribution in [0.3, 0.4) is 0 Å². The minimum absolute atomic E-state index is 0.0626. The lowest BCUT2D eigenvalue weighted by Crippen LogP contribution is -2.31. The van der Waals surface area contributed by atoms with Crippen molar-refractivity contribution in [1.29, 1.82) is 0 Å². The lowest BCUT2D eigenvalue weighted by atomic mass is 10.1. The summed E-state index contributed by atoms with van der Waals surface area (Å²) in [6, 6.07) is 31.7. The molecule has 4 aromatic carbocycles. The Balaban J connectivity index is 1.44. The molecule has 1 N–H and O–H groups in total. The van der Waals surface area contributed by atoms with Crippen LogP contribution in [0.2, 0.25) is 0 Å². The molecule has 1 heterocycles. The van der Waals surface area contributed by atoms with E-state index in [1.165, 1.54) is 10.5 Å². The van der Waals surface area contributed by atoms with Gasteiger partial charge in [-0.1, -0.05) is 66.4 Å². The van der Waals surface area contributed by atoms with E-state index in [9.17, 15) is 9.59 Å². The summed E-state index contributed by atoms with van der Waals surface area (Å²) >= 11 is 3.25. The Morgan fingerprint density at radius 2 is 1.61 bits per heavy atom. The number of hydrogen-bond donors (Lipinski definition) is 1. The van der Waals surface area contributed by atoms with Crippen LogP contribution in [-0.2, 0) is 13.0 Å². The molecule has 5 rings (SSSR count). The highest BCUT2D eigenvalue weighted by Crippen LogP contribution is 2.42. The Morgan fingerprint density at radius 1 is 0.861 bits per heavy atom. The first-order valence-corrected chi connectivity index (χ1v) is 13.8. The van der Waals surface area contributed by atoms with Crippen molar-refractivity contribution in [1.82, 2.24) is 5.32 Å². The summed E-state index contributed by atoms with van der Waals surface area (Å²) in [4.78, 5) is 31.6. The lowest BCUT2D eigenvalue weighted by Gasteiger charge is -2.24. The second kappa shape index (κ2) is 11.1. The molecule has 0 fully saturated rings. The van der Waals surface area contributed by atoms with Gasteiger partial charge >= 0.3 is 0 Å². The number of carbonyl (C=O) groups excluding carboxylic acids is 2. The normalized spacial score (nSPS) is 12.5. The predicted octanol–water partition coefficient (Wildman–Crippen LogP) is 6.69. The van der Waals surface area contributed by atoms with Crippen LogP contribution >= 0.6 is 23.5 Å². The fourth-order valence-electron chi connectivity index (χ4n) is 4.20. The Hall–Kier alpha value is -3.48. The molecule has 0 saturated heterocycles. The first-order chi connectivity index (χ1) is 17.6. The number of amides is 2. The van der Waals surface area contributed by atoms with Gasteiger partial charge in [0.25, 0.3) is 11.8 Å². The number of anilines is 1. The van der Waals surface area contributed by atoms with Crippen molar-refractivity contribution in [3.05, 3.63) is 119 Å². The number of thioether (sulfide) groups is 1. The van der Waals surface area contributed by atoms with E-state index in [1.807, 2.05) is 66.9 Å². The number of benzene rings is 4. The molecule has 4 nitrogen and oxygen atoms in total. The zero-order chi connectivity index (χ0) is 24.9. The third kappa shape index (κ3) is 5.35. The van der Waals surface area contributed by atoms with E-state index >= 15 is 0 Å². The molecule has 0 saturated carbocycles. The molecule has 1 aliphatic rings. The maximum absolute atomic E-state index is 13.7. The average Bonchev–Trinajstić information content (AvgIpc) is 3.03. The summed E-state index contributed by atoms with van der Waals surface area (Å²) in [6.07, 6.45) is 2.81. The minimum Gasteiger partial charge on any atom is -0.352 e. The van der Waals surface area contributed by atoms with Gasteiger partial charge in [-0.3, -0.25) is 9.59 Å². The van der Waals surface area contributed by atoms with Crippen LogP contribution < -0.4 is 10.2 Å². The summed E-state index contributed by atoms with van der Waals surface area (Å²) in [5.74, 6) is -0.204. The topological polar surface area (TPSA) is 49.4 Å². The Bertz CT molecular complexity index is 1390. The number of rotatable bonds is 7. The molecular formula is C30H26N2O2S2. The maximum Gasteiger partial charge on any atom is 0.259 e. The quantitative estimate of drug-likeness (QED) is 0.281. The van der Waals surface area contributed by atoms with E-state index in [2.05, 4.69) is 41.7 Å². The molecule has 0 aromatic heterocycles. The van der Waals surface area contributed by atoms with Crippen molar-refractivity contribution >= 4 is 41.0 Å². The van der Waals surface area contributed by atoms with Gasteiger partial charge in [-0.2, -0.15) is 0 Å². The van der Waals surface area contributed by atoms with Crippen molar-refractivity contribution < 1.29 is 9.59 Å². The zero-order valence-electron chi connectivity index (χ0n) is 19.9. The largest absolute Gasteiger partial charge is 0.352 e. The lowest BCUT2D eigenvalue weighted by molar-refractivity contribution is 0.0950. The smallest absolute Gasteiger partial charge is 0.259 e. The Kier molecular flexibility index (Phi) is 7.44. The van der Waals surface area contributed by atoms with Gasteiger partial charge in [-0.15, -0.1) is 11.8 Å². The SMILES string of the molecule is CSc1ccc(CN2C(=O)c3ccccc3Sc3ccc(C(=O)NCCc4ccccc4)cc32)cc1. The van der Waals surface area contributed by atoms with Crippen LogP contribution in [0.5, 0.6) is 0 Å². The van der Waals surface area contributed by atoms with E-state index in [1.54, 1.807) is 28.4 Å². The van der Waals surface area contributed by atoms with Crippen molar-refractivity contribution in [2.45, 2.75) is 27.7 Å². The van der Waals surface area contributed by atoms with Crippen LogP contribution in [0.25, 0.3) is 0 Å². The van der Waals surface area contributed by atoms with Crippen LogP contribution in [0.4, 0.5) is 5.69 Å². The van der Waals surface area contributed by atoms with E-state index in [-0.39, 0.29) is 11.8 Å². The monoisotopic (exact) mass is 510 g/mol. The summed E-state index contributed by atoms with van der Waals surface area (Å²) in [5, 5.41) is 3.02. The van der Waals surface area contributed by atoms with Crippen LogP contribution in [-0.4, -0.2) is 24.6 Å². The summed E-state index contributed by atoms with van der Waals surface area (Å²) in [5.41, 5.74) is 4.19. The van der Waals surface area contributed by atoms with Gasteiger partial charge in [-0.25, -0.2) is 0 Å². The number of nitrogens with one attached hydrogen (secondary N) is 1. The molecule has 0 bridgehead atoms. The first kappa shape index (κ1) is 24.2. The van der Waals surface area contributed by atoms with Gasteiger partial charge in [0.1, 0.15) is 0 Å². The van der Waals surface area contributed by atoms with E-state index in [0.717, 1.165) is 27.5 Å². The Labute approximate surface area is 220 Å². The van der Waals surface area contributed by atoms with Crippen molar-refractivity contribution in [2.75, 3.05) is 17.7 Å². The van der Waals surface area contributed by atoms with Crippen LogP contribution in [0, 0.1) is 0 Å². The number of carbonyl (C=O) groups is 2. The summed E-state index contributed by atoms with van der Waals surface area (Å²) in [6.45, 7) is 0.971. The fourth-order valence-corrected chi connectivity index (χ4v) is 5.67. The first-order valence-electron chi connectivity index (χ1n) is 11.8. The molecular weight excluding hydrogens is 484 g/mol. The van der Waals surface area contributed by atoms with E-state index in [0.29, 0.717) is 24.2 Å². The molecule has 0 radical (unpaired) electrons. The fraction of sp³-hybridized carbons (Fsp3) is 0.133. The van der Waals surface area contributed by atoms with Crippen LogP contribution in [0.15, 0.2) is 112 Å². The van der Waals surface area contributed by atoms with Crippen LogP contribution in [0.1, 0.15) is 31.8 Å². The molecule has 0 spiro atoms. The van der Waals surface area contributed by atoms with Gasteiger partial charge in [0.15, 0.2) is 0 Å². The molecule has 36 heavy (non-hydrogen) atoms. The number of nitrogens with zero attached hydrogens (tertiary/aromatic N) is 1. The summed E-state index contributed by atoms with van der Waals surface area (Å²) in [7, 11) is 0. The second-order valence-corrected chi connectivity index (χ2v) is 10.5. The molecule has 0 atom stereocenters. The van der Waals surface area contributed by atoms with E-state index in [4.69, 9.17) is 0 Å². The van der Waals surface area contributed by atoms with Crippen molar-refractivity contribution in [3.63, 3.8) is 0 Å². The molecule has 0 unspecified atom stereocenters. The van der Waals surface area contributed by atoms with Gasteiger partial charge in [0.2, 0.25) is 0 Å². The minimum atomic E-state index is -0.141. The maximum atomic E-state index is 13.7. The second-order valence-electron chi connectivity index (χ2n) is 8.51. The predicted molar refractivity (Wildman–Crippen MR) is 148 cm³/mol. The Morgan fingerprint density at radius 3 is 2.39 bits per heavy atom. The third-order valence-corrected chi connectivity index (χ3v) is 8.02. The van der Waals surface area contributed by atoms with Gasteiger partial charge in [0.05, 0.1) is 17.8 Å². The van der Waals surface area contributed by atoms with E-state index < -0.39 is 0 Å². The highest BCUT2D eigenvalue weighted by molar-refractivity contribution is 7.99. The molecule has 2 amide bonds. The zero-order valence-corrected chi connectivity index (χ0v) is 21.6. The van der Waals surface area contributed by atoms with Gasteiger partial charge in [0, 0.05) is 26.8 Å². The van der Waals surface area contributed by atoms with Crippen molar-refractivity contribution in [3.8, 4) is 0 Å². The highest BCUT2D eigenvalue weighted by Gasteiger charge is 2.28. The van der Waals surface area contributed by atoms with Gasteiger partial charge < -0.3 is 10.2 Å². The molecule has 0 aliphatic carbocycles. The third-order valence-electron chi connectivity index (χ3n) is 6.14. The molecule has 6 heteroatoms. The number of hydrogen-bond acceptors (Lipinski definition) is 4. The average molecular weight is 511 g/mol. The molecule has 4 aromatic rings. The molecule has 1 aliphatic heterocycles. The molecule has 180 valence electrons. The standard InChI is InChI=1S/C30H26N2O2S2/c1-35-24-14-11-22(12-15-24)20-32-26-19-23(29(33)31-18-17-21-7-3-2-4-8-21)13-16-28(26)36-27-10-6-5-9-25(27)30(32)34/h2-16,19H,17-18,20H2,1H3,(H,31,33). The van der Waals surface area contributed by atoms with Crippen molar-refractivity contribution in [2.24, 2.45) is 0 Å². The highest BCUT2D eigenvalue weighted by atomic mass is 32.2. The summed E-state index contributed by atoms with van der Waals surface area (Å²) < 4.78 is 0. The number of fused-ring (bicyclic) bond motifs is 2. The van der Waals surface area contributed by atoms with Gasteiger partial charge in [-0.05, 0) is 66.3 Å².